The van der Waals surface area contributed by atoms with Gasteiger partial charge in [-0.05, 0) is 31.5 Å². The van der Waals surface area contributed by atoms with Crippen LogP contribution in [0.25, 0.3) is 5.52 Å². The lowest BCUT2D eigenvalue weighted by Gasteiger charge is -2.10. The van der Waals surface area contributed by atoms with Crippen LogP contribution in [0.3, 0.4) is 0 Å². The minimum Gasteiger partial charge on any atom is -0.385 e. The highest BCUT2D eigenvalue weighted by Crippen LogP contribution is 2.16. The monoisotopic (exact) mass is 216 g/mol. The zero-order valence-corrected chi connectivity index (χ0v) is 9.19. The molecule has 0 radical (unpaired) electrons. The Hall–Kier alpha value is -1.55. The molecule has 0 aliphatic carbocycles. The zero-order chi connectivity index (χ0) is 11.0. The number of nitrogens with one attached hydrogen (secondary N) is 1. The number of rotatable bonds is 2. The highest BCUT2D eigenvalue weighted by molar-refractivity contribution is 5.53. The van der Waals surface area contributed by atoms with Crippen molar-refractivity contribution in [1.29, 1.82) is 0 Å². The third-order valence-corrected chi connectivity index (χ3v) is 3.25. The first kappa shape index (κ1) is 9.66. The maximum absolute atomic E-state index is 5.98. The van der Waals surface area contributed by atoms with E-state index in [-0.39, 0.29) is 0 Å². The normalized spacial score (nSPS) is 20.6. The summed E-state index contributed by atoms with van der Waals surface area (Å²) in [6, 6.07) is 6.48. The SMILES string of the molecule is Nc1cccc2cnc(CC3CCCN3)n12. The topological polar surface area (TPSA) is 55.3 Å². The summed E-state index contributed by atoms with van der Waals surface area (Å²) in [4.78, 5) is 4.46. The van der Waals surface area contributed by atoms with Crippen molar-refractivity contribution < 1.29 is 0 Å². The van der Waals surface area contributed by atoms with E-state index in [1.54, 1.807) is 0 Å². The van der Waals surface area contributed by atoms with E-state index in [1.165, 1.54) is 12.8 Å². The number of anilines is 1. The van der Waals surface area contributed by atoms with Crippen LogP contribution in [-0.4, -0.2) is 22.0 Å². The number of fused-ring (bicyclic) bond motifs is 1. The number of aromatic nitrogens is 2. The van der Waals surface area contributed by atoms with Crippen molar-refractivity contribution in [1.82, 2.24) is 14.7 Å². The fourth-order valence-corrected chi connectivity index (χ4v) is 2.44. The standard InChI is InChI=1S/C12H16N4/c13-11-5-1-4-10-8-15-12(16(10)11)7-9-3-2-6-14-9/h1,4-5,8-9,14H,2-3,6-7,13H2. The highest BCUT2D eigenvalue weighted by atomic mass is 15.1. The Bertz CT molecular complexity index is 497. The van der Waals surface area contributed by atoms with Gasteiger partial charge in [0.1, 0.15) is 11.6 Å². The molecule has 16 heavy (non-hydrogen) atoms. The van der Waals surface area contributed by atoms with Crippen molar-refractivity contribution in [2.24, 2.45) is 0 Å². The predicted molar refractivity (Wildman–Crippen MR) is 64.3 cm³/mol. The molecule has 1 aliphatic rings. The number of pyridine rings is 1. The first-order valence-electron chi connectivity index (χ1n) is 5.79. The van der Waals surface area contributed by atoms with E-state index >= 15 is 0 Å². The second-order valence-electron chi connectivity index (χ2n) is 4.38. The van der Waals surface area contributed by atoms with Crippen molar-refractivity contribution in [3.63, 3.8) is 0 Å². The van der Waals surface area contributed by atoms with Crippen LogP contribution in [0, 0.1) is 0 Å². The minimum atomic E-state index is 0.560. The Morgan fingerprint density at radius 3 is 3.25 bits per heavy atom. The molecular weight excluding hydrogens is 200 g/mol. The Morgan fingerprint density at radius 2 is 2.44 bits per heavy atom. The molecule has 1 aliphatic heterocycles. The summed E-state index contributed by atoms with van der Waals surface area (Å²) < 4.78 is 2.04. The summed E-state index contributed by atoms with van der Waals surface area (Å²) >= 11 is 0. The van der Waals surface area contributed by atoms with Gasteiger partial charge in [-0.15, -0.1) is 0 Å². The lowest BCUT2D eigenvalue weighted by Crippen LogP contribution is -2.24. The van der Waals surface area contributed by atoms with Gasteiger partial charge in [0, 0.05) is 12.5 Å². The lowest BCUT2D eigenvalue weighted by molar-refractivity contribution is 0.585. The summed E-state index contributed by atoms with van der Waals surface area (Å²) in [6.45, 7) is 1.13. The molecule has 84 valence electrons. The molecule has 1 atom stereocenters. The van der Waals surface area contributed by atoms with E-state index < -0.39 is 0 Å². The van der Waals surface area contributed by atoms with Gasteiger partial charge in [0.2, 0.25) is 0 Å². The van der Waals surface area contributed by atoms with Crippen LogP contribution in [0.5, 0.6) is 0 Å². The molecule has 0 aromatic carbocycles. The second-order valence-corrected chi connectivity index (χ2v) is 4.38. The third-order valence-electron chi connectivity index (χ3n) is 3.25. The molecule has 1 unspecified atom stereocenters. The van der Waals surface area contributed by atoms with Gasteiger partial charge < -0.3 is 11.1 Å². The molecule has 0 bridgehead atoms. The first-order chi connectivity index (χ1) is 7.84. The highest BCUT2D eigenvalue weighted by Gasteiger charge is 2.17. The molecule has 1 fully saturated rings. The van der Waals surface area contributed by atoms with Crippen LogP contribution in [0.15, 0.2) is 24.4 Å². The molecule has 3 heterocycles. The van der Waals surface area contributed by atoms with Crippen LogP contribution in [0.4, 0.5) is 5.82 Å². The Labute approximate surface area is 94.5 Å². The maximum atomic E-state index is 5.98. The molecule has 0 spiro atoms. The molecule has 2 aromatic heterocycles. The summed E-state index contributed by atoms with van der Waals surface area (Å²) in [5.74, 6) is 1.83. The Kier molecular flexibility index (Phi) is 2.29. The van der Waals surface area contributed by atoms with Crippen LogP contribution < -0.4 is 11.1 Å². The molecule has 4 nitrogen and oxygen atoms in total. The fourth-order valence-electron chi connectivity index (χ4n) is 2.44. The molecule has 4 heteroatoms. The average molecular weight is 216 g/mol. The second kappa shape index (κ2) is 3.79. The van der Waals surface area contributed by atoms with Crippen LogP contribution in [0.1, 0.15) is 18.7 Å². The quantitative estimate of drug-likeness (QED) is 0.793. The Morgan fingerprint density at radius 1 is 1.50 bits per heavy atom. The third kappa shape index (κ3) is 1.55. The number of hydrogen-bond acceptors (Lipinski definition) is 3. The van der Waals surface area contributed by atoms with Gasteiger partial charge in [0.15, 0.2) is 0 Å². The van der Waals surface area contributed by atoms with Gasteiger partial charge >= 0.3 is 0 Å². The van der Waals surface area contributed by atoms with Gasteiger partial charge in [-0.2, -0.15) is 0 Å². The van der Waals surface area contributed by atoms with E-state index in [1.807, 2.05) is 28.8 Å². The molecule has 0 amide bonds. The van der Waals surface area contributed by atoms with E-state index in [2.05, 4.69) is 10.3 Å². The molecule has 3 N–H and O–H groups in total. The average Bonchev–Trinajstić information content (AvgIpc) is 2.90. The molecule has 0 saturated carbocycles. The first-order valence-corrected chi connectivity index (χ1v) is 5.79. The van der Waals surface area contributed by atoms with Gasteiger partial charge in [0.25, 0.3) is 0 Å². The van der Waals surface area contributed by atoms with Crippen LogP contribution in [0.2, 0.25) is 0 Å². The number of nitrogens with zero attached hydrogens (tertiary/aromatic N) is 2. The summed E-state index contributed by atoms with van der Waals surface area (Å²) in [5, 5.41) is 3.48. The lowest BCUT2D eigenvalue weighted by atomic mass is 10.1. The van der Waals surface area contributed by atoms with Crippen LogP contribution >= 0.6 is 0 Å². The fraction of sp³-hybridized carbons (Fsp3) is 0.417. The van der Waals surface area contributed by atoms with E-state index in [9.17, 15) is 0 Å². The molecular formula is C12H16N4. The summed E-state index contributed by atoms with van der Waals surface area (Å²) in [7, 11) is 0. The van der Waals surface area contributed by atoms with Crippen molar-refractivity contribution in [3.8, 4) is 0 Å². The van der Waals surface area contributed by atoms with E-state index in [0.717, 1.165) is 30.1 Å². The van der Waals surface area contributed by atoms with Gasteiger partial charge in [0.05, 0.1) is 11.7 Å². The van der Waals surface area contributed by atoms with E-state index in [0.29, 0.717) is 6.04 Å². The van der Waals surface area contributed by atoms with Gasteiger partial charge in [-0.25, -0.2) is 4.98 Å². The summed E-state index contributed by atoms with van der Waals surface area (Å²) in [6.07, 6.45) is 5.36. The van der Waals surface area contributed by atoms with Crippen LogP contribution in [-0.2, 0) is 6.42 Å². The smallest absolute Gasteiger partial charge is 0.116 e. The van der Waals surface area contributed by atoms with Crippen molar-refractivity contribution >= 4 is 11.3 Å². The number of nitrogen functional groups attached to an aromatic ring is 1. The zero-order valence-electron chi connectivity index (χ0n) is 9.19. The number of hydrogen-bond donors (Lipinski definition) is 2. The number of imidazole rings is 1. The maximum Gasteiger partial charge on any atom is 0.116 e. The van der Waals surface area contributed by atoms with Crippen molar-refractivity contribution in [3.05, 3.63) is 30.2 Å². The predicted octanol–water partition coefficient (Wildman–Crippen LogP) is 1.21. The Balaban J connectivity index is 1.97. The van der Waals surface area contributed by atoms with Gasteiger partial charge in [-0.1, -0.05) is 6.07 Å². The van der Waals surface area contributed by atoms with E-state index in [4.69, 9.17) is 5.73 Å². The molecule has 1 saturated heterocycles. The summed E-state index contributed by atoms with van der Waals surface area (Å²) in [5.41, 5.74) is 7.06. The van der Waals surface area contributed by atoms with Gasteiger partial charge in [-0.3, -0.25) is 4.40 Å². The van der Waals surface area contributed by atoms with Crippen molar-refractivity contribution in [2.45, 2.75) is 25.3 Å². The minimum absolute atomic E-state index is 0.560. The number of nitrogens with two attached hydrogens (primary N) is 1. The molecule has 2 aromatic rings. The largest absolute Gasteiger partial charge is 0.385 e. The van der Waals surface area contributed by atoms with Crippen molar-refractivity contribution in [2.75, 3.05) is 12.3 Å². The molecule has 3 rings (SSSR count).